The fraction of sp³-hybridized carbons (Fsp3) is 0. The third kappa shape index (κ3) is 5.04. The van der Waals surface area contributed by atoms with E-state index in [1.54, 1.807) is 11.3 Å². The molecule has 12 rings (SSSR count). The quantitative estimate of drug-likeness (QED) is 0.176. The van der Waals surface area contributed by atoms with E-state index in [0.29, 0.717) is 17.5 Å². The first-order valence-electron chi connectivity index (χ1n) is 19.0. The van der Waals surface area contributed by atoms with Gasteiger partial charge in [-0.25, -0.2) is 15.0 Å². The molecule has 0 amide bonds. The summed E-state index contributed by atoms with van der Waals surface area (Å²) in [6.07, 6.45) is 0. The number of fused-ring (bicyclic) bond motifs is 9. The van der Waals surface area contributed by atoms with Gasteiger partial charge in [0.25, 0.3) is 0 Å². The van der Waals surface area contributed by atoms with E-state index in [1.165, 1.54) is 30.9 Å². The van der Waals surface area contributed by atoms with Crippen LogP contribution in [-0.4, -0.2) is 19.5 Å². The number of thiophene rings is 1. The zero-order valence-electron chi connectivity index (χ0n) is 30.4. The molecule has 12 aromatic rings. The number of rotatable bonds is 5. The van der Waals surface area contributed by atoms with Crippen LogP contribution in [-0.2, 0) is 0 Å². The summed E-state index contributed by atoms with van der Waals surface area (Å²) in [6.45, 7) is 0. The molecule has 0 fully saturated rings. The lowest BCUT2D eigenvalue weighted by Gasteiger charge is -2.12. The van der Waals surface area contributed by atoms with Gasteiger partial charge in [-0.2, -0.15) is 0 Å². The van der Waals surface area contributed by atoms with Crippen molar-refractivity contribution in [2.45, 2.75) is 0 Å². The number of aromatic nitrogens is 4. The summed E-state index contributed by atoms with van der Waals surface area (Å²) < 4.78 is 11.8. The molecule has 4 heterocycles. The Balaban J connectivity index is 1.17. The van der Waals surface area contributed by atoms with Crippen molar-refractivity contribution in [2.24, 2.45) is 0 Å². The van der Waals surface area contributed by atoms with Gasteiger partial charge < -0.3 is 8.98 Å². The molecule has 0 unspecified atom stereocenters. The molecule has 57 heavy (non-hydrogen) atoms. The van der Waals surface area contributed by atoms with Crippen LogP contribution in [0.2, 0.25) is 0 Å². The lowest BCUT2D eigenvalue weighted by molar-refractivity contribution is 0.670. The summed E-state index contributed by atoms with van der Waals surface area (Å²) in [5.74, 6) is 1.75. The summed E-state index contributed by atoms with van der Waals surface area (Å²) in [6, 6.07) is 63.8. The molecule has 5 nitrogen and oxygen atoms in total. The highest BCUT2D eigenvalue weighted by atomic mass is 32.1. The molecule has 4 aromatic heterocycles. The Morgan fingerprint density at radius 3 is 1.70 bits per heavy atom. The number of benzene rings is 8. The average Bonchev–Trinajstić information content (AvgIpc) is 3.96. The molecule has 0 N–H and O–H groups in total. The molecular formula is C51H30N4OS. The van der Waals surface area contributed by atoms with Gasteiger partial charge in [0, 0.05) is 64.1 Å². The summed E-state index contributed by atoms with van der Waals surface area (Å²) in [5.41, 5.74) is 9.57. The zero-order chi connectivity index (χ0) is 37.5. The smallest absolute Gasteiger partial charge is 0.167 e. The van der Waals surface area contributed by atoms with Gasteiger partial charge >= 0.3 is 0 Å². The first kappa shape index (κ1) is 31.9. The standard InChI is InChI=1S/C51H30N4OS/c1-3-14-31(15-4-1)35-21-13-22-40-41-29-34(55-43-23-10-7-18-36(43)37-19-8-11-24-44(37)55)30-42(48(41)56-47(35)40)51-53-49(32-16-5-2-6-17-32)52-50(54-51)33-26-27-39-38-20-9-12-25-45(38)57-46(39)28-33/h1-30H. The first-order valence-corrected chi connectivity index (χ1v) is 19.8. The maximum Gasteiger partial charge on any atom is 0.167 e. The normalized spacial score (nSPS) is 11.9. The van der Waals surface area contributed by atoms with Crippen molar-refractivity contribution < 1.29 is 4.42 Å². The third-order valence-corrected chi connectivity index (χ3v) is 12.2. The SMILES string of the molecule is c1ccc(-c2nc(-c3ccc4c(c3)sc3ccccc34)nc(-c3cc(-n4c5ccccc5c5ccccc54)cc4c3oc3c(-c5ccccc5)cccc34)n2)cc1. The molecular weight excluding hydrogens is 717 g/mol. The van der Waals surface area contributed by atoms with Crippen LogP contribution >= 0.6 is 11.3 Å². The van der Waals surface area contributed by atoms with Crippen molar-refractivity contribution in [2.75, 3.05) is 0 Å². The molecule has 0 aliphatic rings. The topological polar surface area (TPSA) is 56.7 Å². The van der Waals surface area contributed by atoms with E-state index in [2.05, 4.69) is 162 Å². The summed E-state index contributed by atoms with van der Waals surface area (Å²) >= 11 is 1.79. The molecule has 0 saturated carbocycles. The average molecular weight is 747 g/mol. The van der Waals surface area contributed by atoms with Gasteiger partial charge in [-0.15, -0.1) is 11.3 Å². The summed E-state index contributed by atoms with van der Waals surface area (Å²) in [4.78, 5) is 15.7. The van der Waals surface area contributed by atoms with Crippen LogP contribution in [0.25, 0.3) is 115 Å². The van der Waals surface area contributed by atoms with E-state index in [-0.39, 0.29) is 0 Å². The van der Waals surface area contributed by atoms with E-state index in [9.17, 15) is 0 Å². The van der Waals surface area contributed by atoms with E-state index in [0.717, 1.165) is 66.5 Å². The second-order valence-electron chi connectivity index (χ2n) is 14.4. The Hall–Kier alpha value is -7.41. The molecule has 0 radical (unpaired) electrons. The maximum atomic E-state index is 7.05. The van der Waals surface area contributed by atoms with Gasteiger partial charge in [-0.3, -0.25) is 0 Å². The molecule has 0 bridgehead atoms. The van der Waals surface area contributed by atoms with Crippen molar-refractivity contribution in [3.05, 3.63) is 182 Å². The minimum absolute atomic E-state index is 0.545. The lowest BCUT2D eigenvalue weighted by atomic mass is 10.0. The fourth-order valence-electron chi connectivity index (χ4n) is 8.43. The molecule has 0 saturated heterocycles. The Morgan fingerprint density at radius 1 is 0.368 bits per heavy atom. The monoisotopic (exact) mass is 746 g/mol. The van der Waals surface area contributed by atoms with E-state index < -0.39 is 0 Å². The summed E-state index contributed by atoms with van der Waals surface area (Å²) in [5, 5.41) is 6.91. The van der Waals surface area contributed by atoms with E-state index in [4.69, 9.17) is 19.4 Å². The number of nitrogens with zero attached hydrogens (tertiary/aromatic N) is 4. The Morgan fingerprint density at radius 2 is 0.947 bits per heavy atom. The third-order valence-electron chi connectivity index (χ3n) is 11.1. The molecule has 6 heteroatoms. The summed E-state index contributed by atoms with van der Waals surface area (Å²) in [7, 11) is 0. The van der Waals surface area contributed by atoms with Crippen LogP contribution in [0.4, 0.5) is 0 Å². The zero-order valence-corrected chi connectivity index (χ0v) is 31.2. The van der Waals surface area contributed by atoms with E-state index >= 15 is 0 Å². The van der Waals surface area contributed by atoms with Gasteiger partial charge in [-0.1, -0.05) is 146 Å². The van der Waals surface area contributed by atoms with Gasteiger partial charge in [0.2, 0.25) is 0 Å². The van der Waals surface area contributed by atoms with Crippen molar-refractivity contribution in [3.63, 3.8) is 0 Å². The minimum Gasteiger partial charge on any atom is -0.455 e. The van der Waals surface area contributed by atoms with Crippen LogP contribution in [0.1, 0.15) is 0 Å². The number of furan rings is 1. The number of para-hydroxylation sites is 3. The van der Waals surface area contributed by atoms with Crippen molar-refractivity contribution >= 4 is 75.3 Å². The lowest BCUT2D eigenvalue weighted by Crippen LogP contribution is -2.01. The van der Waals surface area contributed by atoms with Crippen LogP contribution in [0.3, 0.4) is 0 Å². The second kappa shape index (κ2) is 12.6. The first-order chi connectivity index (χ1) is 28.2. The largest absolute Gasteiger partial charge is 0.455 e. The second-order valence-corrected chi connectivity index (χ2v) is 15.5. The molecule has 0 aliphatic heterocycles. The molecule has 8 aromatic carbocycles. The van der Waals surface area contributed by atoms with Gasteiger partial charge in [-0.05, 0) is 42.0 Å². The Labute approximate surface area is 330 Å². The van der Waals surface area contributed by atoms with Crippen LogP contribution in [0, 0.1) is 0 Å². The predicted octanol–water partition coefficient (Wildman–Crippen LogP) is 13.9. The van der Waals surface area contributed by atoms with Crippen LogP contribution in [0.5, 0.6) is 0 Å². The van der Waals surface area contributed by atoms with Crippen molar-refractivity contribution in [3.8, 4) is 51.0 Å². The maximum absolute atomic E-state index is 7.05. The molecule has 0 aliphatic carbocycles. The fourth-order valence-corrected chi connectivity index (χ4v) is 9.58. The Bertz CT molecular complexity index is 3470. The van der Waals surface area contributed by atoms with E-state index in [1.807, 2.05) is 24.3 Å². The minimum atomic E-state index is 0.545. The Kier molecular flexibility index (Phi) is 7.03. The van der Waals surface area contributed by atoms with Crippen LogP contribution in [0.15, 0.2) is 186 Å². The highest BCUT2D eigenvalue weighted by Gasteiger charge is 2.23. The number of hydrogen-bond acceptors (Lipinski definition) is 5. The molecule has 266 valence electrons. The highest BCUT2D eigenvalue weighted by Crippen LogP contribution is 2.43. The molecule has 0 spiro atoms. The molecule has 0 atom stereocenters. The van der Waals surface area contributed by atoms with Gasteiger partial charge in [0.05, 0.1) is 16.6 Å². The number of hydrogen-bond donors (Lipinski definition) is 0. The van der Waals surface area contributed by atoms with Crippen LogP contribution < -0.4 is 0 Å². The van der Waals surface area contributed by atoms with Gasteiger partial charge in [0.1, 0.15) is 11.2 Å². The highest BCUT2D eigenvalue weighted by molar-refractivity contribution is 7.25. The predicted molar refractivity (Wildman–Crippen MR) is 236 cm³/mol. The van der Waals surface area contributed by atoms with Gasteiger partial charge in [0.15, 0.2) is 17.5 Å². The van der Waals surface area contributed by atoms with Crippen molar-refractivity contribution in [1.29, 1.82) is 0 Å². The van der Waals surface area contributed by atoms with Crippen molar-refractivity contribution in [1.82, 2.24) is 19.5 Å².